The number of H-pyrrole nitrogens is 1. The van der Waals surface area contributed by atoms with Crippen LogP contribution in [0.4, 0.5) is 0 Å². The zero-order chi connectivity index (χ0) is 12.4. The summed E-state index contributed by atoms with van der Waals surface area (Å²) in [6.45, 7) is 0. The van der Waals surface area contributed by atoms with Gasteiger partial charge in [0.1, 0.15) is 17.4 Å². The fourth-order valence-corrected chi connectivity index (χ4v) is 2.33. The number of fused-ring (bicyclic) bond motifs is 1. The number of rotatable bonds is 2. The molecule has 0 aliphatic carbocycles. The Morgan fingerprint density at radius 1 is 1.28 bits per heavy atom. The standard InChI is InChI=1S/C12H7N5S/c13-6-9-5-8-3-1-2-4-10(8)16-11(9)18-12-14-7-15-17-12/h1-5,7H,(H,14,15,17). The van der Waals surface area contributed by atoms with E-state index in [-0.39, 0.29) is 0 Å². The molecule has 86 valence electrons. The SMILES string of the molecule is N#Cc1cc2ccccc2nc1Sc1ncn[nH]1. The first-order valence-corrected chi connectivity index (χ1v) is 6.01. The van der Waals surface area contributed by atoms with Crippen molar-refractivity contribution < 1.29 is 0 Å². The molecule has 0 aliphatic heterocycles. The van der Waals surface area contributed by atoms with E-state index in [1.54, 1.807) is 0 Å². The normalized spacial score (nSPS) is 10.4. The number of nitriles is 1. The molecule has 0 atom stereocenters. The summed E-state index contributed by atoms with van der Waals surface area (Å²) in [5.74, 6) is 0. The number of pyridine rings is 1. The van der Waals surface area contributed by atoms with Gasteiger partial charge in [-0.25, -0.2) is 9.97 Å². The molecule has 0 spiro atoms. The van der Waals surface area contributed by atoms with Gasteiger partial charge in [0, 0.05) is 5.39 Å². The molecule has 0 saturated carbocycles. The van der Waals surface area contributed by atoms with E-state index in [9.17, 15) is 0 Å². The quantitative estimate of drug-likeness (QED) is 0.758. The average molecular weight is 253 g/mol. The molecule has 6 heteroatoms. The molecule has 0 unspecified atom stereocenters. The zero-order valence-electron chi connectivity index (χ0n) is 9.16. The van der Waals surface area contributed by atoms with Crippen LogP contribution in [0.3, 0.4) is 0 Å². The van der Waals surface area contributed by atoms with E-state index in [1.165, 1.54) is 18.1 Å². The maximum atomic E-state index is 9.16. The number of nitrogens with one attached hydrogen (secondary N) is 1. The first-order chi connectivity index (χ1) is 8.86. The Morgan fingerprint density at radius 2 is 2.17 bits per heavy atom. The molecule has 2 heterocycles. The lowest BCUT2D eigenvalue weighted by Crippen LogP contribution is -1.89. The van der Waals surface area contributed by atoms with E-state index in [4.69, 9.17) is 5.26 Å². The first-order valence-electron chi connectivity index (χ1n) is 5.20. The van der Waals surface area contributed by atoms with Crippen LogP contribution in [0.1, 0.15) is 5.56 Å². The molecule has 0 saturated heterocycles. The maximum absolute atomic E-state index is 9.16. The molecule has 18 heavy (non-hydrogen) atoms. The van der Waals surface area contributed by atoms with Crippen LogP contribution in [0.15, 0.2) is 46.8 Å². The average Bonchev–Trinajstić information content (AvgIpc) is 2.91. The Bertz CT molecular complexity index is 730. The fraction of sp³-hybridized carbons (Fsp3) is 0. The third-order valence-corrected chi connectivity index (χ3v) is 3.29. The molecule has 0 radical (unpaired) electrons. The Balaban J connectivity index is 2.12. The van der Waals surface area contributed by atoms with Crippen LogP contribution in [0.5, 0.6) is 0 Å². The third-order valence-electron chi connectivity index (χ3n) is 2.40. The smallest absolute Gasteiger partial charge is 0.189 e. The highest BCUT2D eigenvalue weighted by atomic mass is 32.2. The molecule has 0 amide bonds. The van der Waals surface area contributed by atoms with Crippen molar-refractivity contribution in [3.05, 3.63) is 42.2 Å². The van der Waals surface area contributed by atoms with Crippen molar-refractivity contribution in [2.24, 2.45) is 0 Å². The van der Waals surface area contributed by atoms with Crippen LogP contribution < -0.4 is 0 Å². The van der Waals surface area contributed by atoms with Gasteiger partial charge in [-0.1, -0.05) is 18.2 Å². The van der Waals surface area contributed by atoms with E-state index in [0.717, 1.165) is 10.9 Å². The van der Waals surface area contributed by atoms with Crippen LogP contribution in [0, 0.1) is 11.3 Å². The monoisotopic (exact) mass is 253 g/mol. The molecular formula is C12H7N5S. The van der Waals surface area contributed by atoms with Crippen LogP contribution in [-0.2, 0) is 0 Å². The summed E-state index contributed by atoms with van der Waals surface area (Å²) in [6.07, 6.45) is 1.43. The van der Waals surface area contributed by atoms with E-state index < -0.39 is 0 Å². The van der Waals surface area contributed by atoms with E-state index in [2.05, 4.69) is 26.2 Å². The summed E-state index contributed by atoms with van der Waals surface area (Å²) in [4.78, 5) is 8.49. The predicted molar refractivity (Wildman–Crippen MR) is 67.0 cm³/mol. The molecule has 3 rings (SSSR count). The number of nitrogens with zero attached hydrogens (tertiary/aromatic N) is 4. The molecule has 0 aliphatic rings. The summed E-state index contributed by atoms with van der Waals surface area (Å²) in [7, 11) is 0. The zero-order valence-corrected chi connectivity index (χ0v) is 9.98. The van der Waals surface area contributed by atoms with Crippen LogP contribution in [-0.4, -0.2) is 20.2 Å². The second-order valence-corrected chi connectivity index (χ2v) is 4.52. The number of hydrogen-bond acceptors (Lipinski definition) is 5. The number of aromatic nitrogens is 4. The Morgan fingerprint density at radius 3 is 2.94 bits per heavy atom. The van der Waals surface area contributed by atoms with E-state index in [1.807, 2.05) is 30.3 Å². The molecular weight excluding hydrogens is 246 g/mol. The van der Waals surface area contributed by atoms with Gasteiger partial charge in [-0.05, 0) is 23.9 Å². The molecule has 2 aromatic heterocycles. The summed E-state index contributed by atoms with van der Waals surface area (Å²) < 4.78 is 0. The highest BCUT2D eigenvalue weighted by Gasteiger charge is 2.09. The summed E-state index contributed by atoms with van der Waals surface area (Å²) in [5, 5.41) is 17.9. The number of benzene rings is 1. The summed E-state index contributed by atoms with van der Waals surface area (Å²) >= 11 is 1.30. The Kier molecular flexibility index (Phi) is 2.67. The Hall–Kier alpha value is -2.39. The third kappa shape index (κ3) is 1.92. The molecule has 0 bridgehead atoms. The highest BCUT2D eigenvalue weighted by Crippen LogP contribution is 2.28. The van der Waals surface area contributed by atoms with Crippen molar-refractivity contribution in [3.63, 3.8) is 0 Å². The van der Waals surface area contributed by atoms with Crippen LogP contribution in [0.2, 0.25) is 0 Å². The second kappa shape index (κ2) is 4.47. The minimum absolute atomic E-state index is 0.537. The van der Waals surface area contributed by atoms with E-state index >= 15 is 0 Å². The van der Waals surface area contributed by atoms with Crippen molar-refractivity contribution >= 4 is 22.7 Å². The fourth-order valence-electron chi connectivity index (χ4n) is 1.59. The van der Waals surface area contributed by atoms with Crippen LogP contribution >= 0.6 is 11.8 Å². The molecule has 5 nitrogen and oxygen atoms in total. The molecule has 3 aromatic rings. The highest BCUT2D eigenvalue weighted by molar-refractivity contribution is 7.99. The van der Waals surface area contributed by atoms with Crippen molar-refractivity contribution in [2.45, 2.75) is 10.2 Å². The van der Waals surface area contributed by atoms with Crippen molar-refractivity contribution in [2.75, 3.05) is 0 Å². The van der Waals surface area contributed by atoms with Crippen molar-refractivity contribution in [1.82, 2.24) is 20.2 Å². The summed E-state index contributed by atoms with van der Waals surface area (Å²) in [5.41, 5.74) is 1.40. The number of para-hydroxylation sites is 1. The number of hydrogen-bond donors (Lipinski definition) is 1. The van der Waals surface area contributed by atoms with Crippen molar-refractivity contribution in [3.8, 4) is 6.07 Å². The second-order valence-electron chi connectivity index (χ2n) is 3.54. The lowest BCUT2D eigenvalue weighted by Gasteiger charge is -2.03. The van der Waals surface area contributed by atoms with Gasteiger partial charge in [0.15, 0.2) is 5.16 Å². The van der Waals surface area contributed by atoms with Gasteiger partial charge in [-0.15, -0.1) is 0 Å². The van der Waals surface area contributed by atoms with Gasteiger partial charge in [0.2, 0.25) is 0 Å². The van der Waals surface area contributed by atoms with Gasteiger partial charge in [0.05, 0.1) is 11.1 Å². The van der Waals surface area contributed by atoms with Crippen molar-refractivity contribution in [1.29, 1.82) is 5.26 Å². The van der Waals surface area contributed by atoms with Gasteiger partial charge >= 0.3 is 0 Å². The summed E-state index contributed by atoms with van der Waals surface area (Å²) in [6, 6.07) is 11.7. The lowest BCUT2D eigenvalue weighted by atomic mass is 10.2. The molecule has 1 aromatic carbocycles. The minimum Gasteiger partial charge on any atom is -0.254 e. The van der Waals surface area contributed by atoms with E-state index in [0.29, 0.717) is 15.7 Å². The largest absolute Gasteiger partial charge is 0.254 e. The Labute approximate surface area is 107 Å². The minimum atomic E-state index is 0.537. The van der Waals surface area contributed by atoms with Gasteiger partial charge in [-0.3, -0.25) is 5.10 Å². The molecule has 1 N–H and O–H groups in total. The van der Waals surface area contributed by atoms with Gasteiger partial charge in [0.25, 0.3) is 0 Å². The lowest BCUT2D eigenvalue weighted by molar-refractivity contribution is 0.968. The maximum Gasteiger partial charge on any atom is 0.189 e. The number of aromatic amines is 1. The van der Waals surface area contributed by atoms with Gasteiger partial charge in [-0.2, -0.15) is 10.4 Å². The first kappa shape index (κ1) is 10.7. The van der Waals surface area contributed by atoms with Crippen LogP contribution in [0.25, 0.3) is 10.9 Å². The predicted octanol–water partition coefficient (Wildman–Crippen LogP) is 2.38. The topological polar surface area (TPSA) is 78.2 Å². The van der Waals surface area contributed by atoms with Gasteiger partial charge < -0.3 is 0 Å². The molecule has 0 fully saturated rings.